The molecule has 2 aromatic rings. The van der Waals surface area contributed by atoms with E-state index in [-0.39, 0.29) is 24.8 Å². The average Bonchev–Trinajstić information content (AvgIpc) is 2.85. The Morgan fingerprint density at radius 3 is 1.54 bits per heavy atom. The fourth-order valence-corrected chi connectivity index (χ4v) is 3.93. The summed E-state index contributed by atoms with van der Waals surface area (Å²) in [5.41, 5.74) is 11.9. The first kappa shape index (κ1) is 30.4. The normalized spacial score (nSPS) is 25.6. The van der Waals surface area contributed by atoms with E-state index >= 15 is 0 Å². The van der Waals surface area contributed by atoms with Crippen molar-refractivity contribution in [1.29, 1.82) is 0 Å². The molecule has 0 aliphatic heterocycles. The first-order valence-corrected chi connectivity index (χ1v) is 12.6. The Morgan fingerprint density at radius 1 is 0.811 bits per heavy atom. The number of hydrogen-bond acceptors (Lipinski definition) is 8. The molecule has 2 fully saturated rings. The van der Waals surface area contributed by atoms with Crippen LogP contribution in [0.3, 0.4) is 0 Å². The highest BCUT2D eigenvalue weighted by Crippen LogP contribution is 2.34. The molecule has 0 heterocycles. The van der Waals surface area contributed by atoms with E-state index in [0.717, 1.165) is 11.1 Å². The molecule has 2 aromatic carbocycles. The van der Waals surface area contributed by atoms with Gasteiger partial charge in [-0.25, -0.2) is 0 Å². The molecule has 0 unspecified atom stereocenters. The fraction of sp³-hybridized carbons (Fsp3) is 0.500. The second-order valence-corrected chi connectivity index (χ2v) is 9.31. The van der Waals surface area contributed by atoms with E-state index in [4.69, 9.17) is 35.9 Å². The van der Waals surface area contributed by atoms with Gasteiger partial charge in [-0.05, 0) is 25.0 Å². The molecular weight excluding hydrogens is 476 g/mol. The fourth-order valence-electron chi connectivity index (χ4n) is 3.93. The minimum Gasteiger partial charge on any atom is -0.480 e. The summed E-state index contributed by atoms with van der Waals surface area (Å²) < 4.78 is 16.2. The molecule has 204 valence electrons. The first-order chi connectivity index (χ1) is 17.7. The van der Waals surface area contributed by atoms with Crippen LogP contribution in [0.1, 0.15) is 50.7 Å². The molecule has 0 aromatic heterocycles. The van der Waals surface area contributed by atoms with Crippen molar-refractivity contribution in [3.05, 3.63) is 71.8 Å². The monoisotopic (exact) mass is 516 g/mol. The van der Waals surface area contributed by atoms with E-state index in [2.05, 4.69) is 0 Å². The number of aliphatic hydroxyl groups is 1. The number of nitrogens with two attached hydrogens (primary N) is 2. The molecule has 4 rings (SSSR count). The van der Waals surface area contributed by atoms with Crippen molar-refractivity contribution in [1.82, 2.24) is 0 Å². The molecule has 0 bridgehead atoms. The predicted octanol–water partition coefficient (Wildman–Crippen LogP) is 2.77. The molecule has 9 nitrogen and oxygen atoms in total. The number of hydrogen-bond donors (Lipinski definition) is 4. The van der Waals surface area contributed by atoms with Crippen LogP contribution in [0, 0.1) is 0 Å². The van der Waals surface area contributed by atoms with E-state index in [9.17, 15) is 9.59 Å². The molecule has 2 aliphatic carbocycles. The van der Waals surface area contributed by atoms with Gasteiger partial charge in [0.1, 0.15) is 11.1 Å². The van der Waals surface area contributed by atoms with Crippen molar-refractivity contribution in [3.63, 3.8) is 0 Å². The van der Waals surface area contributed by atoms with Crippen molar-refractivity contribution in [2.24, 2.45) is 11.5 Å². The van der Waals surface area contributed by atoms with Gasteiger partial charge in [0.2, 0.25) is 0 Å². The molecule has 37 heavy (non-hydrogen) atoms. The molecule has 2 aliphatic rings. The number of carboxylic acids is 1. The number of esters is 1. The third-order valence-electron chi connectivity index (χ3n) is 6.13. The maximum absolute atomic E-state index is 11.6. The average molecular weight is 517 g/mol. The number of benzene rings is 2. The molecule has 0 spiro atoms. The van der Waals surface area contributed by atoms with Crippen LogP contribution >= 0.6 is 0 Å². The lowest BCUT2D eigenvalue weighted by Crippen LogP contribution is -2.61. The Bertz CT molecular complexity index is 944. The van der Waals surface area contributed by atoms with Crippen LogP contribution in [0.15, 0.2) is 60.7 Å². The van der Waals surface area contributed by atoms with Gasteiger partial charge in [0.25, 0.3) is 0 Å². The van der Waals surface area contributed by atoms with Crippen molar-refractivity contribution < 1.29 is 34.0 Å². The Hall–Kier alpha value is -2.82. The molecule has 0 amide bonds. The molecule has 9 heteroatoms. The number of rotatable bonds is 9. The van der Waals surface area contributed by atoms with Crippen LogP contribution in [-0.2, 0) is 37.0 Å². The summed E-state index contributed by atoms with van der Waals surface area (Å²) in [4.78, 5) is 22.3. The number of ether oxygens (including phenoxy) is 3. The lowest BCUT2D eigenvalue weighted by atomic mass is 9.75. The third-order valence-corrected chi connectivity index (χ3v) is 6.13. The standard InChI is InChI=1S/C14H19NO3.C12H15NO3.C2H6O/c1-2-17-13(16)14(15)8-12(9-14)18-10-11-6-4-3-5-7-11;13-12(11(14)15)6-10(7-12)16-8-9-4-2-1-3-5-9;1-2-3/h3-7,12H,2,8-10,15H2,1H3;1-5,10H,6-8,13H2,(H,14,15);3H,2H2,1H3. The molecule has 0 atom stereocenters. The van der Waals surface area contributed by atoms with Gasteiger partial charge >= 0.3 is 11.9 Å². The van der Waals surface area contributed by atoms with Gasteiger partial charge in [-0.3, -0.25) is 9.59 Å². The summed E-state index contributed by atoms with van der Waals surface area (Å²) in [5, 5.41) is 16.4. The highest BCUT2D eigenvalue weighted by atomic mass is 16.5. The molecule has 0 radical (unpaired) electrons. The predicted molar refractivity (Wildman–Crippen MR) is 139 cm³/mol. The molecular formula is C28H40N2O7. The highest BCUT2D eigenvalue weighted by Gasteiger charge is 2.49. The van der Waals surface area contributed by atoms with Gasteiger partial charge in [-0.1, -0.05) is 60.7 Å². The summed E-state index contributed by atoms with van der Waals surface area (Å²) >= 11 is 0. The molecule has 0 saturated heterocycles. The van der Waals surface area contributed by atoms with Gasteiger partial charge in [0.15, 0.2) is 0 Å². The summed E-state index contributed by atoms with van der Waals surface area (Å²) in [6.45, 7) is 5.16. The summed E-state index contributed by atoms with van der Waals surface area (Å²) in [6.07, 6.45) is 1.91. The Balaban J connectivity index is 0.000000237. The van der Waals surface area contributed by atoms with Gasteiger partial charge in [0, 0.05) is 32.3 Å². The zero-order valence-corrected chi connectivity index (χ0v) is 21.7. The van der Waals surface area contributed by atoms with Crippen LogP contribution in [-0.4, -0.2) is 58.7 Å². The molecule has 2 saturated carbocycles. The zero-order chi connectivity index (χ0) is 27.3. The first-order valence-electron chi connectivity index (χ1n) is 12.6. The maximum atomic E-state index is 11.6. The Labute approximate surface area is 218 Å². The Kier molecular flexibility index (Phi) is 12.2. The summed E-state index contributed by atoms with van der Waals surface area (Å²) in [7, 11) is 0. The molecule has 6 N–H and O–H groups in total. The number of carboxylic acid groups (broad SMARTS) is 1. The van der Waals surface area contributed by atoms with Crippen LogP contribution < -0.4 is 11.5 Å². The second-order valence-electron chi connectivity index (χ2n) is 9.31. The van der Waals surface area contributed by atoms with E-state index in [0.29, 0.717) is 45.5 Å². The quantitative estimate of drug-likeness (QED) is 0.368. The van der Waals surface area contributed by atoms with Crippen molar-refractivity contribution in [2.45, 2.75) is 76.0 Å². The number of carbonyl (C=O) groups excluding carboxylic acids is 1. The van der Waals surface area contributed by atoms with E-state index < -0.39 is 17.0 Å². The largest absolute Gasteiger partial charge is 0.480 e. The van der Waals surface area contributed by atoms with Crippen molar-refractivity contribution in [3.8, 4) is 0 Å². The highest BCUT2D eigenvalue weighted by molar-refractivity contribution is 5.82. The van der Waals surface area contributed by atoms with E-state index in [1.165, 1.54) is 0 Å². The van der Waals surface area contributed by atoms with Gasteiger partial charge < -0.3 is 35.9 Å². The smallest absolute Gasteiger partial charge is 0.326 e. The van der Waals surface area contributed by atoms with Gasteiger partial charge in [-0.15, -0.1) is 0 Å². The minimum atomic E-state index is -1.07. The van der Waals surface area contributed by atoms with E-state index in [1.54, 1.807) is 13.8 Å². The van der Waals surface area contributed by atoms with Crippen LogP contribution in [0.5, 0.6) is 0 Å². The van der Waals surface area contributed by atoms with E-state index in [1.807, 2.05) is 60.7 Å². The van der Waals surface area contributed by atoms with Crippen LogP contribution in [0.4, 0.5) is 0 Å². The number of aliphatic hydroxyl groups excluding tert-OH is 1. The number of carbonyl (C=O) groups is 2. The SMILES string of the molecule is CCO.CCOC(=O)C1(N)CC(OCc2ccccc2)C1.NC1(C(=O)O)CC(OCc2ccccc2)C1. The number of aliphatic carboxylic acids is 1. The topological polar surface area (TPSA) is 154 Å². The maximum Gasteiger partial charge on any atom is 0.326 e. The lowest BCUT2D eigenvalue weighted by Gasteiger charge is -2.42. The Morgan fingerprint density at radius 2 is 1.19 bits per heavy atom. The minimum absolute atomic E-state index is 0.0266. The summed E-state index contributed by atoms with van der Waals surface area (Å²) in [5.74, 6) is -1.25. The summed E-state index contributed by atoms with van der Waals surface area (Å²) in [6, 6.07) is 19.8. The van der Waals surface area contributed by atoms with Crippen molar-refractivity contribution in [2.75, 3.05) is 13.2 Å². The van der Waals surface area contributed by atoms with Crippen LogP contribution in [0.25, 0.3) is 0 Å². The zero-order valence-electron chi connectivity index (χ0n) is 21.7. The lowest BCUT2D eigenvalue weighted by molar-refractivity contribution is -0.161. The third kappa shape index (κ3) is 9.53. The van der Waals surface area contributed by atoms with Crippen molar-refractivity contribution >= 4 is 11.9 Å². The van der Waals surface area contributed by atoms with Crippen LogP contribution in [0.2, 0.25) is 0 Å². The van der Waals surface area contributed by atoms with Gasteiger partial charge in [0.05, 0.1) is 32.0 Å². The second kappa shape index (κ2) is 14.8. The van der Waals surface area contributed by atoms with Gasteiger partial charge in [-0.2, -0.15) is 0 Å².